The van der Waals surface area contributed by atoms with Gasteiger partial charge in [0.05, 0.1) is 11.4 Å². The van der Waals surface area contributed by atoms with Gasteiger partial charge in [-0.05, 0) is 25.0 Å². The van der Waals surface area contributed by atoms with Gasteiger partial charge in [-0.1, -0.05) is 48.2 Å². The highest BCUT2D eigenvalue weighted by molar-refractivity contribution is 7.99. The van der Waals surface area contributed by atoms with Crippen LogP contribution in [0.25, 0.3) is 22.6 Å². The SMILES string of the molecule is C=CCN(C(=O)CSc1nnc(-c2cccnc2)n1C1CC1)c1nc(-c2ccccc2)cs1. The van der Waals surface area contributed by atoms with Crippen molar-refractivity contribution in [3.63, 3.8) is 0 Å². The lowest BCUT2D eigenvalue weighted by atomic mass is 10.2. The van der Waals surface area contributed by atoms with Gasteiger partial charge in [0, 0.05) is 41.5 Å². The number of amides is 1. The fourth-order valence-corrected chi connectivity index (χ4v) is 5.22. The Hall–Kier alpha value is -3.30. The average molecular weight is 475 g/mol. The fourth-order valence-electron chi connectivity index (χ4n) is 3.48. The summed E-state index contributed by atoms with van der Waals surface area (Å²) in [7, 11) is 0. The van der Waals surface area contributed by atoms with Gasteiger partial charge in [0.2, 0.25) is 5.91 Å². The Morgan fingerprint density at radius 3 is 2.73 bits per heavy atom. The maximum absolute atomic E-state index is 13.2. The Balaban J connectivity index is 1.33. The minimum absolute atomic E-state index is 0.0397. The molecule has 5 rings (SSSR count). The van der Waals surface area contributed by atoms with Gasteiger partial charge in [-0.15, -0.1) is 28.1 Å². The number of thiazole rings is 1. The lowest BCUT2D eigenvalue weighted by Gasteiger charge is -2.18. The van der Waals surface area contributed by atoms with Crippen LogP contribution in [0.1, 0.15) is 18.9 Å². The highest BCUT2D eigenvalue weighted by atomic mass is 32.2. The average Bonchev–Trinajstić information content (AvgIpc) is 3.42. The molecule has 0 unspecified atom stereocenters. The number of carbonyl (C=O) groups is 1. The van der Waals surface area contributed by atoms with Crippen LogP contribution >= 0.6 is 23.1 Å². The topological polar surface area (TPSA) is 76.8 Å². The number of pyridine rings is 1. The molecule has 1 aliphatic carbocycles. The van der Waals surface area contributed by atoms with Crippen molar-refractivity contribution in [1.82, 2.24) is 24.7 Å². The molecule has 0 radical (unpaired) electrons. The molecule has 166 valence electrons. The molecular formula is C24H22N6OS2. The Kier molecular flexibility index (Phi) is 6.32. The van der Waals surface area contributed by atoms with Gasteiger partial charge in [0.15, 0.2) is 16.1 Å². The number of thioether (sulfide) groups is 1. The monoisotopic (exact) mass is 474 g/mol. The second kappa shape index (κ2) is 9.68. The molecular weight excluding hydrogens is 452 g/mol. The molecule has 1 saturated carbocycles. The number of carbonyl (C=O) groups excluding carboxylic acids is 1. The van der Waals surface area contributed by atoms with Crippen molar-refractivity contribution in [2.75, 3.05) is 17.2 Å². The third kappa shape index (κ3) is 4.74. The largest absolute Gasteiger partial charge is 0.299 e. The molecule has 7 nitrogen and oxygen atoms in total. The van der Waals surface area contributed by atoms with E-state index in [1.807, 2.05) is 47.8 Å². The van der Waals surface area contributed by atoms with Crippen LogP contribution in [0.2, 0.25) is 0 Å². The predicted molar refractivity (Wildman–Crippen MR) is 132 cm³/mol. The third-order valence-corrected chi connectivity index (χ3v) is 7.02. The van der Waals surface area contributed by atoms with E-state index in [-0.39, 0.29) is 11.7 Å². The Morgan fingerprint density at radius 1 is 1.18 bits per heavy atom. The number of aromatic nitrogens is 5. The van der Waals surface area contributed by atoms with E-state index in [1.165, 1.54) is 23.1 Å². The van der Waals surface area contributed by atoms with Crippen LogP contribution in [0.5, 0.6) is 0 Å². The quantitative estimate of drug-likeness (QED) is 0.248. The van der Waals surface area contributed by atoms with Crippen molar-refractivity contribution in [3.8, 4) is 22.6 Å². The van der Waals surface area contributed by atoms with Gasteiger partial charge in [-0.25, -0.2) is 4.98 Å². The number of anilines is 1. The number of rotatable bonds is 9. The van der Waals surface area contributed by atoms with Gasteiger partial charge >= 0.3 is 0 Å². The summed E-state index contributed by atoms with van der Waals surface area (Å²) in [6, 6.07) is 14.2. The van der Waals surface area contributed by atoms with Gasteiger partial charge in [-0.3, -0.25) is 19.2 Å². The Bertz CT molecular complexity index is 1250. The van der Waals surface area contributed by atoms with Crippen LogP contribution in [0.3, 0.4) is 0 Å². The molecule has 1 amide bonds. The smallest absolute Gasteiger partial charge is 0.239 e. The molecule has 3 heterocycles. The van der Waals surface area contributed by atoms with Crippen LogP contribution in [-0.4, -0.2) is 42.9 Å². The van der Waals surface area contributed by atoms with E-state index >= 15 is 0 Å². The minimum Gasteiger partial charge on any atom is -0.299 e. The molecule has 1 aromatic carbocycles. The van der Waals surface area contributed by atoms with Crippen molar-refractivity contribution in [1.29, 1.82) is 0 Å². The molecule has 9 heteroatoms. The summed E-state index contributed by atoms with van der Waals surface area (Å²) in [5, 5.41) is 12.2. The van der Waals surface area contributed by atoms with Gasteiger partial charge in [-0.2, -0.15) is 0 Å². The normalized spacial score (nSPS) is 13.1. The maximum Gasteiger partial charge on any atom is 0.239 e. The van der Waals surface area contributed by atoms with Crippen LogP contribution in [-0.2, 0) is 4.79 Å². The molecule has 0 bridgehead atoms. The second-order valence-corrected chi connectivity index (χ2v) is 9.39. The molecule has 0 atom stereocenters. The number of hydrogen-bond donors (Lipinski definition) is 0. The van der Waals surface area contributed by atoms with E-state index in [2.05, 4.69) is 26.3 Å². The van der Waals surface area contributed by atoms with Crippen molar-refractivity contribution < 1.29 is 4.79 Å². The van der Waals surface area contributed by atoms with Crippen molar-refractivity contribution >= 4 is 34.1 Å². The van der Waals surface area contributed by atoms with Gasteiger partial charge in [0.25, 0.3) is 0 Å². The Labute approximate surface area is 200 Å². The van der Waals surface area contributed by atoms with Crippen molar-refractivity contribution in [2.45, 2.75) is 24.0 Å². The van der Waals surface area contributed by atoms with E-state index in [9.17, 15) is 4.79 Å². The molecule has 0 saturated heterocycles. The fraction of sp³-hybridized carbons (Fsp3) is 0.208. The van der Waals surface area contributed by atoms with E-state index in [0.29, 0.717) is 17.7 Å². The first-order valence-electron chi connectivity index (χ1n) is 10.6. The molecule has 0 spiro atoms. The van der Waals surface area contributed by atoms with Crippen LogP contribution in [0, 0.1) is 0 Å². The number of benzene rings is 1. The highest BCUT2D eigenvalue weighted by Crippen LogP contribution is 2.41. The van der Waals surface area contributed by atoms with E-state index in [0.717, 1.165) is 40.6 Å². The summed E-state index contributed by atoms with van der Waals surface area (Å²) < 4.78 is 2.14. The summed E-state index contributed by atoms with van der Waals surface area (Å²) in [5.41, 5.74) is 2.82. The van der Waals surface area contributed by atoms with E-state index < -0.39 is 0 Å². The van der Waals surface area contributed by atoms with Crippen LogP contribution in [0.15, 0.2) is 78.0 Å². The summed E-state index contributed by atoms with van der Waals surface area (Å²) in [6.07, 6.45) is 7.44. The molecule has 3 aromatic heterocycles. The predicted octanol–water partition coefficient (Wildman–Crippen LogP) is 5.11. The molecule has 0 aliphatic heterocycles. The summed E-state index contributed by atoms with van der Waals surface area (Å²) >= 11 is 2.87. The zero-order chi connectivity index (χ0) is 22.6. The highest BCUT2D eigenvalue weighted by Gasteiger charge is 2.31. The second-order valence-electron chi connectivity index (χ2n) is 7.61. The zero-order valence-electron chi connectivity index (χ0n) is 17.9. The third-order valence-electron chi connectivity index (χ3n) is 5.23. The first-order valence-corrected chi connectivity index (χ1v) is 12.5. The van der Waals surface area contributed by atoms with Gasteiger partial charge < -0.3 is 0 Å². The summed E-state index contributed by atoms with van der Waals surface area (Å²) in [4.78, 5) is 23.8. The number of hydrogen-bond acceptors (Lipinski definition) is 7. The van der Waals surface area contributed by atoms with Gasteiger partial charge in [0.1, 0.15) is 0 Å². The van der Waals surface area contributed by atoms with E-state index in [4.69, 9.17) is 4.98 Å². The Morgan fingerprint density at radius 2 is 2.00 bits per heavy atom. The van der Waals surface area contributed by atoms with Crippen LogP contribution in [0.4, 0.5) is 5.13 Å². The van der Waals surface area contributed by atoms with Crippen molar-refractivity contribution in [2.24, 2.45) is 0 Å². The van der Waals surface area contributed by atoms with E-state index in [1.54, 1.807) is 23.4 Å². The van der Waals surface area contributed by atoms with Crippen molar-refractivity contribution in [3.05, 3.63) is 72.9 Å². The molecule has 1 aliphatic rings. The zero-order valence-corrected chi connectivity index (χ0v) is 19.5. The number of nitrogens with zero attached hydrogens (tertiary/aromatic N) is 6. The lowest BCUT2D eigenvalue weighted by Crippen LogP contribution is -2.32. The first kappa shape index (κ1) is 21.5. The maximum atomic E-state index is 13.2. The standard InChI is InChI=1S/C24H22N6OS2/c1-2-13-29(23-26-20(15-32-23)17-7-4-3-5-8-17)21(31)16-33-24-28-27-22(30(24)19-10-11-19)18-9-6-12-25-14-18/h2-9,12,14-15,19H,1,10-11,13,16H2. The molecule has 4 aromatic rings. The van der Waals surface area contributed by atoms with Crippen LogP contribution < -0.4 is 4.90 Å². The summed E-state index contributed by atoms with van der Waals surface area (Å²) in [6.45, 7) is 4.22. The summed E-state index contributed by atoms with van der Waals surface area (Å²) in [5.74, 6) is 1.00. The molecule has 33 heavy (non-hydrogen) atoms. The minimum atomic E-state index is -0.0397. The lowest BCUT2D eigenvalue weighted by molar-refractivity contribution is -0.116. The first-order chi connectivity index (χ1) is 16.2. The molecule has 1 fully saturated rings. The molecule has 0 N–H and O–H groups in total.